The predicted molar refractivity (Wildman–Crippen MR) is 122 cm³/mol. The van der Waals surface area contributed by atoms with Crippen molar-refractivity contribution in [1.82, 2.24) is 20.5 Å². The molecule has 0 saturated heterocycles. The summed E-state index contributed by atoms with van der Waals surface area (Å²) >= 11 is 0. The van der Waals surface area contributed by atoms with Gasteiger partial charge in [-0.25, -0.2) is 0 Å². The Hall–Kier alpha value is -3.32. The van der Waals surface area contributed by atoms with Gasteiger partial charge >= 0.3 is 0 Å². The molecule has 7 heteroatoms. The first-order chi connectivity index (χ1) is 14.9. The molecule has 3 rings (SSSR count). The summed E-state index contributed by atoms with van der Waals surface area (Å²) in [5.41, 5.74) is 2.98. The highest BCUT2D eigenvalue weighted by Gasteiger charge is 2.24. The van der Waals surface area contributed by atoms with E-state index in [-0.39, 0.29) is 17.9 Å². The molecule has 1 aromatic heterocycles. The molecule has 1 heterocycles. The number of aromatic amines is 1. The number of nitrogens with zero attached hydrogens (tertiary/aromatic N) is 1. The number of ether oxygens (including phenoxy) is 1. The average molecular weight is 423 g/mol. The van der Waals surface area contributed by atoms with Crippen molar-refractivity contribution in [1.29, 1.82) is 0 Å². The summed E-state index contributed by atoms with van der Waals surface area (Å²) < 4.78 is 5.49. The quantitative estimate of drug-likeness (QED) is 0.495. The van der Waals surface area contributed by atoms with E-state index in [1.54, 1.807) is 7.11 Å². The van der Waals surface area contributed by atoms with Gasteiger partial charge in [0.1, 0.15) is 11.8 Å². The van der Waals surface area contributed by atoms with E-state index in [0.29, 0.717) is 13.0 Å². The molecule has 2 unspecified atom stereocenters. The van der Waals surface area contributed by atoms with Crippen LogP contribution in [0.1, 0.15) is 24.1 Å². The molecule has 0 aliphatic heterocycles. The number of carbonyl (C=O) groups excluding carboxylic acids is 2. The van der Waals surface area contributed by atoms with E-state index in [9.17, 15) is 9.59 Å². The number of likely N-dealkylation sites (N-methyl/N-ethyl adjacent to an activating group) is 1. The molecule has 2 atom stereocenters. The molecule has 2 aromatic carbocycles. The Bertz CT molecular complexity index is 1040. The van der Waals surface area contributed by atoms with Crippen molar-refractivity contribution >= 4 is 22.7 Å². The minimum absolute atomic E-state index is 0.0776. The van der Waals surface area contributed by atoms with Crippen molar-refractivity contribution in [3.8, 4) is 5.75 Å². The molecular weight excluding hydrogens is 392 g/mol. The number of hydrogen-bond donors (Lipinski definition) is 3. The Morgan fingerprint density at radius 3 is 2.52 bits per heavy atom. The lowest BCUT2D eigenvalue weighted by Gasteiger charge is -2.27. The van der Waals surface area contributed by atoms with Crippen LogP contribution in [-0.4, -0.2) is 55.5 Å². The second-order valence-corrected chi connectivity index (χ2v) is 7.78. The number of benzene rings is 2. The first-order valence-corrected chi connectivity index (χ1v) is 10.3. The third-order valence-corrected chi connectivity index (χ3v) is 5.38. The number of H-pyrrole nitrogens is 1. The van der Waals surface area contributed by atoms with E-state index >= 15 is 0 Å². The lowest BCUT2D eigenvalue weighted by Crippen LogP contribution is -2.49. The maximum atomic E-state index is 13.1. The maximum absolute atomic E-state index is 13.1. The number of amides is 2. The summed E-state index contributed by atoms with van der Waals surface area (Å²) in [5, 5.41) is 6.86. The molecule has 0 radical (unpaired) electrons. The molecule has 0 saturated carbocycles. The maximum Gasteiger partial charge on any atom is 0.242 e. The van der Waals surface area contributed by atoms with Crippen molar-refractivity contribution < 1.29 is 14.3 Å². The van der Waals surface area contributed by atoms with Gasteiger partial charge in [-0.2, -0.15) is 0 Å². The molecule has 0 aliphatic carbocycles. The van der Waals surface area contributed by atoms with Crippen LogP contribution in [0.3, 0.4) is 0 Å². The van der Waals surface area contributed by atoms with E-state index in [1.807, 2.05) is 73.7 Å². The molecule has 3 N–H and O–H groups in total. The smallest absolute Gasteiger partial charge is 0.242 e. The fourth-order valence-corrected chi connectivity index (χ4v) is 3.81. The van der Waals surface area contributed by atoms with Crippen molar-refractivity contribution in [2.45, 2.75) is 25.4 Å². The van der Waals surface area contributed by atoms with Crippen LogP contribution in [0.4, 0.5) is 0 Å². The van der Waals surface area contributed by atoms with E-state index in [1.165, 1.54) is 6.92 Å². The van der Waals surface area contributed by atoms with Gasteiger partial charge in [-0.3, -0.25) is 9.59 Å². The van der Waals surface area contributed by atoms with Crippen LogP contribution in [-0.2, 0) is 16.0 Å². The first kappa shape index (κ1) is 22.4. The second kappa shape index (κ2) is 10.1. The van der Waals surface area contributed by atoms with Gasteiger partial charge in [-0.05, 0) is 31.8 Å². The van der Waals surface area contributed by atoms with Gasteiger partial charge in [0.2, 0.25) is 11.8 Å². The van der Waals surface area contributed by atoms with Gasteiger partial charge < -0.3 is 25.3 Å². The van der Waals surface area contributed by atoms with Gasteiger partial charge in [-0.1, -0.05) is 36.4 Å². The van der Waals surface area contributed by atoms with Crippen LogP contribution in [0.15, 0.2) is 54.7 Å². The van der Waals surface area contributed by atoms with Crippen LogP contribution in [0.5, 0.6) is 5.75 Å². The zero-order chi connectivity index (χ0) is 22.4. The normalized spacial score (nSPS) is 13.1. The van der Waals surface area contributed by atoms with Crippen molar-refractivity contribution in [2.75, 3.05) is 27.7 Å². The van der Waals surface area contributed by atoms with E-state index in [4.69, 9.17) is 4.74 Å². The zero-order valence-electron chi connectivity index (χ0n) is 18.4. The van der Waals surface area contributed by atoms with Crippen LogP contribution in [0.2, 0.25) is 0 Å². The molecule has 3 aromatic rings. The highest BCUT2D eigenvalue weighted by molar-refractivity contribution is 5.89. The van der Waals surface area contributed by atoms with E-state index < -0.39 is 6.04 Å². The summed E-state index contributed by atoms with van der Waals surface area (Å²) in [5.74, 6) is 0.309. The predicted octanol–water partition coefficient (Wildman–Crippen LogP) is 2.64. The summed E-state index contributed by atoms with van der Waals surface area (Å²) in [7, 11) is 5.55. The largest absolute Gasteiger partial charge is 0.496 e. The Balaban J connectivity index is 1.76. The van der Waals surface area contributed by atoms with Gasteiger partial charge in [0.05, 0.1) is 13.2 Å². The minimum atomic E-state index is -0.669. The SMILES string of the molecule is COc1ccccc1C(CNC(=O)C(Cc1c[nH]c2ccccc12)NC(C)=O)N(C)C. The number of hydrogen-bond acceptors (Lipinski definition) is 4. The molecule has 0 bridgehead atoms. The van der Waals surface area contributed by atoms with Gasteiger partial charge in [0.15, 0.2) is 0 Å². The number of fused-ring (bicyclic) bond motifs is 1. The highest BCUT2D eigenvalue weighted by Crippen LogP contribution is 2.27. The Morgan fingerprint density at radius 1 is 1.10 bits per heavy atom. The van der Waals surface area contributed by atoms with Crippen molar-refractivity contribution in [3.05, 3.63) is 65.9 Å². The van der Waals surface area contributed by atoms with Crippen LogP contribution in [0, 0.1) is 0 Å². The second-order valence-electron chi connectivity index (χ2n) is 7.78. The molecule has 164 valence electrons. The third kappa shape index (κ3) is 5.44. The topological polar surface area (TPSA) is 86.5 Å². The lowest BCUT2D eigenvalue weighted by atomic mass is 10.0. The molecule has 31 heavy (non-hydrogen) atoms. The number of para-hydroxylation sites is 2. The minimum Gasteiger partial charge on any atom is -0.496 e. The number of carbonyl (C=O) groups is 2. The van der Waals surface area contributed by atoms with Crippen molar-refractivity contribution in [3.63, 3.8) is 0 Å². The Labute approximate surface area is 182 Å². The molecule has 0 aliphatic rings. The number of rotatable bonds is 9. The molecule has 0 spiro atoms. The third-order valence-electron chi connectivity index (χ3n) is 5.38. The van der Waals surface area contributed by atoms with Crippen LogP contribution >= 0.6 is 0 Å². The number of methoxy groups -OCH3 is 1. The van der Waals surface area contributed by atoms with Crippen LogP contribution < -0.4 is 15.4 Å². The van der Waals surface area contributed by atoms with E-state index in [2.05, 4.69) is 15.6 Å². The Morgan fingerprint density at radius 2 is 1.81 bits per heavy atom. The summed E-state index contributed by atoms with van der Waals surface area (Å²) in [4.78, 5) is 30.1. The fraction of sp³-hybridized carbons (Fsp3) is 0.333. The number of nitrogens with one attached hydrogen (secondary N) is 3. The van der Waals surface area contributed by atoms with E-state index in [0.717, 1.165) is 27.8 Å². The highest BCUT2D eigenvalue weighted by atomic mass is 16.5. The molecule has 2 amide bonds. The lowest BCUT2D eigenvalue weighted by molar-refractivity contribution is -0.128. The van der Waals surface area contributed by atoms with Gasteiger partial charge in [0.25, 0.3) is 0 Å². The Kier molecular flexibility index (Phi) is 7.31. The van der Waals surface area contributed by atoms with Gasteiger partial charge in [0, 0.05) is 42.6 Å². The molecule has 7 nitrogen and oxygen atoms in total. The summed E-state index contributed by atoms with van der Waals surface area (Å²) in [6, 6.07) is 14.9. The van der Waals surface area contributed by atoms with Crippen molar-refractivity contribution in [2.24, 2.45) is 0 Å². The van der Waals surface area contributed by atoms with Crippen LogP contribution in [0.25, 0.3) is 10.9 Å². The zero-order valence-corrected chi connectivity index (χ0v) is 18.4. The molecule has 0 fully saturated rings. The fourth-order valence-electron chi connectivity index (χ4n) is 3.81. The monoisotopic (exact) mass is 422 g/mol. The van der Waals surface area contributed by atoms with Gasteiger partial charge in [-0.15, -0.1) is 0 Å². The average Bonchev–Trinajstić information content (AvgIpc) is 3.16. The molecular formula is C24H30N4O3. The standard InChI is InChI=1S/C24H30N4O3/c1-16(29)27-21(13-17-14-25-20-11-7-5-9-18(17)20)24(30)26-15-22(28(2)3)19-10-6-8-12-23(19)31-4/h5-12,14,21-22,25H,13,15H2,1-4H3,(H,26,30)(H,27,29). The summed E-state index contributed by atoms with van der Waals surface area (Å²) in [6.07, 6.45) is 2.29. The summed E-state index contributed by atoms with van der Waals surface area (Å²) in [6.45, 7) is 1.81. The number of aromatic nitrogens is 1. The first-order valence-electron chi connectivity index (χ1n) is 10.3.